The number of halogens is 1. The third kappa shape index (κ3) is 4.70. The van der Waals surface area contributed by atoms with E-state index in [1.165, 1.54) is 12.4 Å². The highest BCUT2D eigenvalue weighted by molar-refractivity contribution is 6.31. The second-order valence-corrected chi connectivity index (χ2v) is 6.34. The summed E-state index contributed by atoms with van der Waals surface area (Å²) in [6.45, 7) is 6.29. The van der Waals surface area contributed by atoms with E-state index in [1.54, 1.807) is 0 Å². The molecule has 0 aliphatic rings. The Kier molecular flexibility index (Phi) is 4.98. The number of amides is 1. The van der Waals surface area contributed by atoms with Gasteiger partial charge in [-0.05, 0) is 32.4 Å². The molecule has 0 aliphatic carbocycles. The van der Waals surface area contributed by atoms with Crippen LogP contribution >= 0.6 is 11.6 Å². The van der Waals surface area contributed by atoms with Crippen LogP contribution in [0.25, 0.3) is 0 Å². The SMILES string of the molecule is CC(C)(C)NC(=O)c1cnc(NCc2ccccc2Cl)cn1. The number of carbonyl (C=O) groups excluding carboxylic acids is 1. The van der Waals surface area contributed by atoms with Gasteiger partial charge in [-0.1, -0.05) is 29.8 Å². The molecule has 0 aliphatic heterocycles. The first kappa shape index (κ1) is 16.2. The van der Waals surface area contributed by atoms with Crippen molar-refractivity contribution in [3.05, 3.63) is 52.9 Å². The first-order valence-electron chi connectivity index (χ1n) is 6.97. The lowest BCUT2D eigenvalue weighted by Gasteiger charge is -2.19. The van der Waals surface area contributed by atoms with Crippen molar-refractivity contribution in [3.8, 4) is 0 Å². The van der Waals surface area contributed by atoms with Crippen molar-refractivity contribution in [2.75, 3.05) is 5.32 Å². The van der Waals surface area contributed by atoms with Crippen molar-refractivity contribution in [2.24, 2.45) is 0 Å². The molecule has 5 nitrogen and oxygen atoms in total. The van der Waals surface area contributed by atoms with Crippen molar-refractivity contribution in [1.82, 2.24) is 15.3 Å². The number of nitrogens with zero attached hydrogens (tertiary/aromatic N) is 2. The standard InChI is InChI=1S/C16H19ClN4O/c1-16(2,3)21-15(22)13-9-20-14(10-18-13)19-8-11-6-4-5-7-12(11)17/h4-7,9-10H,8H2,1-3H3,(H,19,20)(H,21,22). The van der Waals surface area contributed by atoms with E-state index in [4.69, 9.17) is 11.6 Å². The van der Waals surface area contributed by atoms with Crippen LogP contribution in [0.3, 0.4) is 0 Å². The number of aromatic nitrogens is 2. The minimum atomic E-state index is -0.306. The van der Waals surface area contributed by atoms with Crippen molar-refractivity contribution in [1.29, 1.82) is 0 Å². The Morgan fingerprint density at radius 3 is 2.50 bits per heavy atom. The largest absolute Gasteiger partial charge is 0.365 e. The van der Waals surface area contributed by atoms with Crippen molar-refractivity contribution >= 4 is 23.3 Å². The van der Waals surface area contributed by atoms with Crippen LogP contribution in [-0.2, 0) is 6.54 Å². The third-order valence-corrected chi connectivity index (χ3v) is 3.16. The maximum Gasteiger partial charge on any atom is 0.271 e. The average Bonchev–Trinajstić information content (AvgIpc) is 2.45. The predicted molar refractivity (Wildman–Crippen MR) is 88.0 cm³/mol. The van der Waals surface area contributed by atoms with E-state index in [0.29, 0.717) is 23.1 Å². The van der Waals surface area contributed by atoms with Gasteiger partial charge in [-0.25, -0.2) is 9.97 Å². The van der Waals surface area contributed by atoms with E-state index >= 15 is 0 Å². The molecule has 116 valence electrons. The fraction of sp³-hybridized carbons (Fsp3) is 0.312. The lowest BCUT2D eigenvalue weighted by molar-refractivity contribution is 0.0914. The molecule has 1 heterocycles. The first-order chi connectivity index (χ1) is 10.3. The molecule has 0 radical (unpaired) electrons. The summed E-state index contributed by atoms with van der Waals surface area (Å²) in [4.78, 5) is 20.3. The third-order valence-electron chi connectivity index (χ3n) is 2.79. The van der Waals surface area contributed by atoms with Crippen LogP contribution < -0.4 is 10.6 Å². The molecular weight excluding hydrogens is 300 g/mol. The van der Waals surface area contributed by atoms with Gasteiger partial charge < -0.3 is 10.6 Å². The second-order valence-electron chi connectivity index (χ2n) is 5.94. The molecule has 0 saturated heterocycles. The summed E-state index contributed by atoms with van der Waals surface area (Å²) in [7, 11) is 0. The highest BCUT2D eigenvalue weighted by Gasteiger charge is 2.16. The Hall–Kier alpha value is -2.14. The van der Waals surface area contributed by atoms with Gasteiger partial charge in [0.05, 0.1) is 12.4 Å². The summed E-state index contributed by atoms with van der Waals surface area (Å²) in [6.07, 6.45) is 2.99. The van der Waals surface area contributed by atoms with Crippen LogP contribution in [0.15, 0.2) is 36.7 Å². The highest BCUT2D eigenvalue weighted by Crippen LogP contribution is 2.16. The number of anilines is 1. The Morgan fingerprint density at radius 1 is 1.18 bits per heavy atom. The van der Waals surface area contributed by atoms with Gasteiger partial charge in [0.25, 0.3) is 5.91 Å². The van der Waals surface area contributed by atoms with Gasteiger partial charge in [0.1, 0.15) is 11.5 Å². The number of nitrogens with one attached hydrogen (secondary N) is 2. The van der Waals surface area contributed by atoms with Crippen LogP contribution in [0.4, 0.5) is 5.82 Å². The van der Waals surface area contributed by atoms with Crippen LogP contribution in [0.5, 0.6) is 0 Å². The molecule has 0 fully saturated rings. The van der Waals surface area contributed by atoms with Crippen molar-refractivity contribution in [2.45, 2.75) is 32.9 Å². The normalized spacial score (nSPS) is 11.1. The van der Waals surface area contributed by atoms with Crippen molar-refractivity contribution in [3.63, 3.8) is 0 Å². The average molecular weight is 319 g/mol. The molecule has 1 amide bonds. The molecule has 0 atom stereocenters. The van der Waals surface area contributed by atoms with Gasteiger partial charge >= 0.3 is 0 Å². The van der Waals surface area contributed by atoms with Gasteiger partial charge in [-0.3, -0.25) is 4.79 Å². The van der Waals surface area contributed by atoms with Gasteiger partial charge in [0.2, 0.25) is 0 Å². The Balaban J connectivity index is 1.98. The molecule has 2 aromatic rings. The smallest absolute Gasteiger partial charge is 0.271 e. The number of benzene rings is 1. The van der Waals surface area contributed by atoms with Gasteiger partial charge in [0.15, 0.2) is 0 Å². The predicted octanol–water partition coefficient (Wildman–Crippen LogP) is 3.27. The summed E-state index contributed by atoms with van der Waals surface area (Å²) in [5.41, 5.74) is 0.957. The molecular formula is C16H19ClN4O. The van der Waals surface area contributed by atoms with Crippen LogP contribution in [0.2, 0.25) is 5.02 Å². The van der Waals surface area contributed by atoms with E-state index in [-0.39, 0.29) is 11.4 Å². The van der Waals surface area contributed by atoms with E-state index in [0.717, 1.165) is 5.56 Å². The Bertz CT molecular complexity index is 650. The lowest BCUT2D eigenvalue weighted by Crippen LogP contribution is -2.40. The topological polar surface area (TPSA) is 66.9 Å². The van der Waals surface area contributed by atoms with E-state index < -0.39 is 0 Å². The quantitative estimate of drug-likeness (QED) is 0.908. The maximum absolute atomic E-state index is 11.9. The van der Waals surface area contributed by atoms with E-state index in [9.17, 15) is 4.79 Å². The molecule has 22 heavy (non-hydrogen) atoms. The maximum atomic E-state index is 11.9. The number of hydrogen-bond donors (Lipinski definition) is 2. The van der Waals surface area contributed by atoms with Crippen LogP contribution in [-0.4, -0.2) is 21.4 Å². The Labute approximate surface area is 135 Å². The number of rotatable bonds is 4. The minimum absolute atomic E-state index is 0.238. The molecule has 0 unspecified atom stereocenters. The molecule has 0 saturated carbocycles. The molecule has 0 spiro atoms. The van der Waals surface area contributed by atoms with E-state index in [1.807, 2.05) is 45.0 Å². The molecule has 0 bridgehead atoms. The Morgan fingerprint density at radius 2 is 1.91 bits per heavy atom. The zero-order valence-corrected chi connectivity index (χ0v) is 13.6. The van der Waals surface area contributed by atoms with Gasteiger partial charge in [-0.15, -0.1) is 0 Å². The molecule has 2 N–H and O–H groups in total. The molecule has 2 rings (SSSR count). The van der Waals surface area contributed by atoms with Crippen LogP contribution in [0, 0.1) is 0 Å². The molecule has 1 aromatic heterocycles. The zero-order chi connectivity index (χ0) is 16.2. The lowest BCUT2D eigenvalue weighted by atomic mass is 10.1. The fourth-order valence-electron chi connectivity index (χ4n) is 1.77. The van der Waals surface area contributed by atoms with Crippen molar-refractivity contribution < 1.29 is 4.79 Å². The second kappa shape index (κ2) is 6.75. The fourth-order valence-corrected chi connectivity index (χ4v) is 1.97. The zero-order valence-electron chi connectivity index (χ0n) is 12.9. The summed E-state index contributed by atoms with van der Waals surface area (Å²) in [5, 5.41) is 6.67. The first-order valence-corrected chi connectivity index (χ1v) is 7.35. The highest BCUT2D eigenvalue weighted by atomic mass is 35.5. The summed E-state index contributed by atoms with van der Waals surface area (Å²) in [6, 6.07) is 7.58. The molecule has 6 heteroatoms. The summed E-state index contributed by atoms with van der Waals surface area (Å²) in [5.74, 6) is 0.352. The van der Waals surface area contributed by atoms with E-state index in [2.05, 4.69) is 20.6 Å². The van der Waals surface area contributed by atoms with Gasteiger partial charge in [0, 0.05) is 17.1 Å². The minimum Gasteiger partial charge on any atom is -0.365 e. The van der Waals surface area contributed by atoms with Crippen LogP contribution in [0.1, 0.15) is 36.8 Å². The number of hydrogen-bond acceptors (Lipinski definition) is 4. The summed E-state index contributed by atoms with van der Waals surface area (Å²) < 4.78 is 0. The monoisotopic (exact) mass is 318 g/mol. The summed E-state index contributed by atoms with van der Waals surface area (Å²) >= 11 is 6.09. The molecule has 1 aromatic carbocycles. The van der Waals surface area contributed by atoms with Gasteiger partial charge in [-0.2, -0.15) is 0 Å². The number of carbonyl (C=O) groups is 1.